The molecule has 3 rings (SSSR count). The van der Waals surface area contributed by atoms with Crippen LogP contribution >= 0.6 is 0 Å². The molecule has 2 amide bonds. The summed E-state index contributed by atoms with van der Waals surface area (Å²) in [5.74, 6) is -1.86. The third-order valence-electron chi connectivity index (χ3n) is 6.29. The number of nitrogens with one attached hydrogen (secondary N) is 2. The summed E-state index contributed by atoms with van der Waals surface area (Å²) in [4.78, 5) is 37.4. The fourth-order valence-electron chi connectivity index (χ4n) is 4.43. The highest BCUT2D eigenvalue weighted by Crippen LogP contribution is 2.44. The highest BCUT2D eigenvalue weighted by atomic mass is 16.5. The van der Waals surface area contributed by atoms with Crippen LogP contribution in [-0.4, -0.2) is 55.0 Å². The van der Waals surface area contributed by atoms with Crippen molar-refractivity contribution in [1.82, 2.24) is 10.6 Å². The number of alkyl carbamates (subject to hydrolysis) is 1. The van der Waals surface area contributed by atoms with Crippen molar-refractivity contribution in [3.05, 3.63) is 59.7 Å². The molecule has 8 heteroatoms. The second-order valence-corrected chi connectivity index (χ2v) is 8.47. The molecule has 34 heavy (non-hydrogen) atoms. The predicted octanol–water partition coefficient (Wildman–Crippen LogP) is 3.69. The minimum Gasteiger partial charge on any atom is -0.480 e. The highest BCUT2D eigenvalue weighted by Gasteiger charge is 2.41. The summed E-state index contributed by atoms with van der Waals surface area (Å²) in [6.45, 7) is 3.52. The zero-order chi connectivity index (χ0) is 24.7. The van der Waals surface area contributed by atoms with E-state index in [1.54, 1.807) is 6.92 Å². The van der Waals surface area contributed by atoms with E-state index in [4.69, 9.17) is 9.47 Å². The summed E-state index contributed by atoms with van der Waals surface area (Å²) in [7, 11) is 1.41. The van der Waals surface area contributed by atoms with Crippen molar-refractivity contribution in [3.8, 4) is 11.1 Å². The quantitative estimate of drug-likeness (QED) is 0.464. The number of methoxy groups -OCH3 is 1. The van der Waals surface area contributed by atoms with Crippen LogP contribution in [0.3, 0.4) is 0 Å². The lowest BCUT2D eigenvalue weighted by Gasteiger charge is -2.32. The Kier molecular flexibility index (Phi) is 8.28. The van der Waals surface area contributed by atoms with Crippen molar-refractivity contribution in [3.63, 3.8) is 0 Å². The lowest BCUT2D eigenvalue weighted by Crippen LogP contribution is -2.63. The number of amides is 2. The molecule has 0 bridgehead atoms. The number of carboxylic acid groups (broad SMARTS) is 1. The van der Waals surface area contributed by atoms with Gasteiger partial charge in [-0.05, 0) is 35.1 Å². The smallest absolute Gasteiger partial charge is 0.408 e. The maximum atomic E-state index is 13.1. The zero-order valence-corrected chi connectivity index (χ0v) is 19.8. The number of ether oxygens (including phenoxy) is 2. The van der Waals surface area contributed by atoms with Gasteiger partial charge in [-0.2, -0.15) is 0 Å². The van der Waals surface area contributed by atoms with Crippen LogP contribution in [0.15, 0.2) is 48.5 Å². The summed E-state index contributed by atoms with van der Waals surface area (Å²) in [6, 6.07) is 15.0. The molecule has 3 N–H and O–H groups in total. The number of carboxylic acids is 1. The Morgan fingerprint density at radius 1 is 1.03 bits per heavy atom. The van der Waals surface area contributed by atoms with Crippen molar-refractivity contribution in [1.29, 1.82) is 0 Å². The summed E-state index contributed by atoms with van der Waals surface area (Å²) in [6.07, 6.45) is 0.285. The Morgan fingerprint density at radius 2 is 1.62 bits per heavy atom. The van der Waals surface area contributed by atoms with Gasteiger partial charge in [0.1, 0.15) is 18.2 Å². The summed E-state index contributed by atoms with van der Waals surface area (Å²) in [5, 5.41) is 14.6. The third kappa shape index (κ3) is 5.22. The number of hydrogen-bond donors (Lipinski definition) is 3. The van der Waals surface area contributed by atoms with E-state index in [2.05, 4.69) is 22.8 Å². The maximum Gasteiger partial charge on any atom is 0.408 e. The molecule has 0 aromatic heterocycles. The Hall–Kier alpha value is -3.39. The standard InChI is InChI=1S/C26H32N2O6/c1-4-10-22(23(29)30)27-24(31)26(5-2,16-33-3)28-25(32)34-15-21-19-13-8-6-11-17(19)18-12-7-9-14-20(18)21/h6-9,11-14,21-22H,4-5,10,15-16H2,1-3H3,(H,27,31)(H,28,32)(H,29,30)/t22-,26?/m0/s1. The Balaban J connectivity index is 1.73. The van der Waals surface area contributed by atoms with Crippen molar-refractivity contribution in [2.75, 3.05) is 20.3 Å². The number of aliphatic carboxylic acids is 1. The van der Waals surface area contributed by atoms with Gasteiger partial charge in [-0.3, -0.25) is 4.79 Å². The van der Waals surface area contributed by atoms with Crippen LogP contribution in [0.4, 0.5) is 4.79 Å². The Morgan fingerprint density at radius 3 is 2.12 bits per heavy atom. The molecule has 0 fully saturated rings. The second kappa shape index (κ2) is 11.2. The summed E-state index contributed by atoms with van der Waals surface area (Å²) < 4.78 is 10.8. The molecular weight excluding hydrogens is 436 g/mol. The van der Waals surface area contributed by atoms with E-state index in [0.29, 0.717) is 6.42 Å². The molecule has 1 aliphatic rings. The van der Waals surface area contributed by atoms with Crippen molar-refractivity contribution < 1.29 is 29.0 Å². The van der Waals surface area contributed by atoms with Crippen LogP contribution in [0.5, 0.6) is 0 Å². The van der Waals surface area contributed by atoms with Gasteiger partial charge in [0.15, 0.2) is 0 Å². The summed E-state index contributed by atoms with van der Waals surface area (Å²) >= 11 is 0. The lowest BCUT2D eigenvalue weighted by molar-refractivity contribution is -0.143. The molecule has 2 atom stereocenters. The van der Waals surface area contributed by atoms with Crippen LogP contribution in [0.25, 0.3) is 11.1 Å². The largest absolute Gasteiger partial charge is 0.480 e. The predicted molar refractivity (Wildman–Crippen MR) is 128 cm³/mol. The molecule has 1 unspecified atom stereocenters. The summed E-state index contributed by atoms with van der Waals surface area (Å²) in [5.41, 5.74) is 2.93. The van der Waals surface area contributed by atoms with Gasteiger partial charge in [0.25, 0.3) is 0 Å². The molecule has 0 spiro atoms. The minimum absolute atomic E-state index is 0.0990. The second-order valence-electron chi connectivity index (χ2n) is 8.47. The van der Waals surface area contributed by atoms with Crippen molar-refractivity contribution >= 4 is 18.0 Å². The van der Waals surface area contributed by atoms with Gasteiger partial charge in [-0.1, -0.05) is 68.8 Å². The fourth-order valence-corrected chi connectivity index (χ4v) is 4.43. The first-order valence-corrected chi connectivity index (χ1v) is 11.5. The van der Waals surface area contributed by atoms with Gasteiger partial charge in [-0.15, -0.1) is 0 Å². The lowest BCUT2D eigenvalue weighted by atomic mass is 9.95. The molecule has 2 aromatic rings. The number of carbonyl (C=O) groups is 3. The number of hydrogen-bond acceptors (Lipinski definition) is 5. The molecule has 0 saturated heterocycles. The van der Waals surface area contributed by atoms with Crippen LogP contribution < -0.4 is 10.6 Å². The molecule has 2 aromatic carbocycles. The molecule has 0 aliphatic heterocycles. The van der Waals surface area contributed by atoms with E-state index in [9.17, 15) is 19.5 Å². The molecule has 0 radical (unpaired) electrons. The van der Waals surface area contributed by atoms with E-state index in [1.165, 1.54) is 7.11 Å². The van der Waals surface area contributed by atoms with E-state index in [0.717, 1.165) is 22.3 Å². The van der Waals surface area contributed by atoms with E-state index in [-0.39, 0.29) is 32.0 Å². The Bertz CT molecular complexity index is 994. The van der Waals surface area contributed by atoms with Crippen molar-refractivity contribution in [2.45, 2.75) is 50.6 Å². The van der Waals surface area contributed by atoms with Crippen LogP contribution in [0, 0.1) is 0 Å². The minimum atomic E-state index is -1.46. The van der Waals surface area contributed by atoms with E-state index in [1.807, 2.05) is 43.3 Å². The van der Waals surface area contributed by atoms with Gasteiger partial charge in [0.05, 0.1) is 6.61 Å². The normalized spacial score (nSPS) is 14.9. The zero-order valence-electron chi connectivity index (χ0n) is 19.8. The van der Waals surface area contributed by atoms with Gasteiger partial charge >= 0.3 is 12.1 Å². The topological polar surface area (TPSA) is 114 Å². The van der Waals surface area contributed by atoms with Gasteiger partial charge in [0.2, 0.25) is 5.91 Å². The van der Waals surface area contributed by atoms with Crippen molar-refractivity contribution in [2.24, 2.45) is 0 Å². The molecule has 8 nitrogen and oxygen atoms in total. The van der Waals surface area contributed by atoms with Crippen LogP contribution in [-0.2, 0) is 19.1 Å². The molecular formula is C26H32N2O6. The third-order valence-corrected chi connectivity index (χ3v) is 6.29. The average molecular weight is 469 g/mol. The first-order chi connectivity index (χ1) is 16.4. The Labute approximate surface area is 199 Å². The molecule has 1 aliphatic carbocycles. The molecule has 0 heterocycles. The van der Waals surface area contributed by atoms with Gasteiger partial charge in [-0.25, -0.2) is 9.59 Å². The monoisotopic (exact) mass is 468 g/mol. The van der Waals surface area contributed by atoms with E-state index >= 15 is 0 Å². The SMILES string of the molecule is CCC[C@H](NC(=O)C(CC)(COC)NC(=O)OCC1c2ccccc2-c2ccccc21)C(=O)O. The molecule has 182 valence electrons. The maximum absolute atomic E-state index is 13.1. The number of carbonyl (C=O) groups excluding carboxylic acids is 2. The molecule has 0 saturated carbocycles. The first-order valence-electron chi connectivity index (χ1n) is 11.5. The highest BCUT2D eigenvalue weighted by molar-refractivity contribution is 5.93. The van der Waals surface area contributed by atoms with E-state index < -0.39 is 29.6 Å². The van der Waals surface area contributed by atoms with Gasteiger partial charge in [0, 0.05) is 13.0 Å². The number of benzene rings is 2. The first kappa shape index (κ1) is 25.2. The van der Waals surface area contributed by atoms with Crippen LogP contribution in [0.1, 0.15) is 50.2 Å². The average Bonchev–Trinajstić information content (AvgIpc) is 3.15. The number of rotatable bonds is 11. The van der Waals surface area contributed by atoms with Crippen LogP contribution in [0.2, 0.25) is 0 Å². The fraction of sp³-hybridized carbons (Fsp3) is 0.423. The number of fused-ring (bicyclic) bond motifs is 3. The van der Waals surface area contributed by atoms with Gasteiger partial charge < -0.3 is 25.2 Å².